The maximum Gasteiger partial charge on any atom is 0.407 e. The molecule has 7 nitrogen and oxygen atoms in total. The number of carbonyl (C=O) groups is 1. The van der Waals surface area contributed by atoms with Crippen LogP contribution in [-0.4, -0.2) is 47.2 Å². The molecule has 0 bridgehead atoms. The van der Waals surface area contributed by atoms with Crippen LogP contribution < -0.4 is 10.2 Å². The second-order valence-electron chi connectivity index (χ2n) is 4.74. The number of amides is 1. The van der Waals surface area contributed by atoms with Crippen LogP contribution in [0.1, 0.15) is 17.7 Å². The van der Waals surface area contributed by atoms with E-state index in [1.54, 1.807) is 4.68 Å². The van der Waals surface area contributed by atoms with E-state index in [2.05, 4.69) is 20.1 Å². The van der Waals surface area contributed by atoms with Crippen LogP contribution in [0.25, 0.3) is 0 Å². The predicted octanol–water partition coefficient (Wildman–Crippen LogP) is 0.156. The summed E-state index contributed by atoms with van der Waals surface area (Å²) in [6.07, 6.45) is 0.444. The van der Waals surface area contributed by atoms with Crippen LogP contribution in [0.15, 0.2) is 0 Å². The molecule has 0 saturated carbocycles. The largest absolute Gasteiger partial charge is 0.453 e. The number of carbonyl (C=O) groups excluding carboxylic acids is 1. The third-order valence-electron chi connectivity index (χ3n) is 3.47. The SMILES string of the molecule is COC(=O)NC1CCN(c2c(CO)c(C)nn2C)C1. The van der Waals surface area contributed by atoms with E-state index >= 15 is 0 Å². The van der Waals surface area contributed by atoms with Crippen molar-refractivity contribution in [1.29, 1.82) is 0 Å². The molecule has 2 heterocycles. The summed E-state index contributed by atoms with van der Waals surface area (Å²) in [6.45, 7) is 3.37. The van der Waals surface area contributed by atoms with Gasteiger partial charge in [-0.25, -0.2) is 4.79 Å². The number of anilines is 1. The van der Waals surface area contributed by atoms with E-state index < -0.39 is 6.09 Å². The minimum absolute atomic E-state index is 0.0272. The first-order valence-corrected chi connectivity index (χ1v) is 6.29. The average Bonchev–Trinajstić information content (AvgIpc) is 2.93. The van der Waals surface area contributed by atoms with Crippen LogP contribution >= 0.6 is 0 Å². The number of nitrogens with zero attached hydrogens (tertiary/aromatic N) is 3. The second-order valence-corrected chi connectivity index (χ2v) is 4.74. The summed E-state index contributed by atoms with van der Waals surface area (Å²) in [4.78, 5) is 13.3. The van der Waals surface area contributed by atoms with Gasteiger partial charge in [-0.05, 0) is 13.3 Å². The van der Waals surface area contributed by atoms with Crippen LogP contribution in [0, 0.1) is 6.92 Å². The quantitative estimate of drug-likeness (QED) is 0.816. The van der Waals surface area contributed by atoms with Crippen molar-refractivity contribution in [2.24, 2.45) is 7.05 Å². The third kappa shape index (κ3) is 2.65. The Bertz CT molecular complexity index is 472. The molecule has 1 unspecified atom stereocenters. The summed E-state index contributed by atoms with van der Waals surface area (Å²) in [6, 6.07) is 0.0641. The fraction of sp³-hybridized carbons (Fsp3) is 0.667. The highest BCUT2D eigenvalue weighted by atomic mass is 16.5. The fourth-order valence-corrected chi connectivity index (χ4v) is 2.57. The van der Waals surface area contributed by atoms with Crippen molar-refractivity contribution in [2.75, 3.05) is 25.1 Å². The molecular formula is C12H20N4O3. The Kier molecular flexibility index (Phi) is 3.94. The van der Waals surface area contributed by atoms with Gasteiger partial charge in [0, 0.05) is 25.7 Å². The number of alkyl carbamates (subject to hydrolysis) is 1. The zero-order valence-corrected chi connectivity index (χ0v) is 11.5. The lowest BCUT2D eigenvalue weighted by atomic mass is 10.2. The Morgan fingerprint density at radius 1 is 1.63 bits per heavy atom. The number of aliphatic hydroxyl groups excluding tert-OH is 1. The summed E-state index contributed by atoms with van der Waals surface area (Å²) >= 11 is 0. The molecule has 7 heteroatoms. The number of aliphatic hydroxyl groups is 1. The Morgan fingerprint density at radius 2 is 2.37 bits per heavy atom. The molecule has 1 fully saturated rings. The Hall–Kier alpha value is -1.76. The maximum absolute atomic E-state index is 11.2. The normalized spacial score (nSPS) is 18.7. The number of aromatic nitrogens is 2. The zero-order valence-electron chi connectivity index (χ0n) is 11.5. The number of hydrogen-bond donors (Lipinski definition) is 2. The Labute approximate surface area is 112 Å². The van der Waals surface area contributed by atoms with E-state index in [1.165, 1.54) is 7.11 Å². The minimum Gasteiger partial charge on any atom is -0.453 e. The highest BCUT2D eigenvalue weighted by Gasteiger charge is 2.28. The highest BCUT2D eigenvalue weighted by molar-refractivity contribution is 5.67. The van der Waals surface area contributed by atoms with Crippen LogP contribution in [-0.2, 0) is 18.4 Å². The van der Waals surface area contributed by atoms with Crippen molar-refractivity contribution in [3.05, 3.63) is 11.3 Å². The van der Waals surface area contributed by atoms with Crippen molar-refractivity contribution in [1.82, 2.24) is 15.1 Å². The molecule has 2 rings (SSSR count). The van der Waals surface area contributed by atoms with Crippen molar-refractivity contribution in [3.63, 3.8) is 0 Å². The molecule has 0 aromatic carbocycles. The fourth-order valence-electron chi connectivity index (χ4n) is 2.57. The third-order valence-corrected chi connectivity index (χ3v) is 3.47. The van der Waals surface area contributed by atoms with E-state index in [-0.39, 0.29) is 12.6 Å². The van der Waals surface area contributed by atoms with Crippen LogP contribution in [0.3, 0.4) is 0 Å². The minimum atomic E-state index is -0.407. The molecule has 1 saturated heterocycles. The van der Waals surface area contributed by atoms with E-state index in [4.69, 9.17) is 0 Å². The number of nitrogens with one attached hydrogen (secondary N) is 1. The number of ether oxygens (including phenoxy) is 1. The molecule has 1 atom stereocenters. The van der Waals surface area contributed by atoms with Gasteiger partial charge in [0.15, 0.2) is 0 Å². The molecular weight excluding hydrogens is 248 g/mol. The number of methoxy groups -OCH3 is 1. The molecule has 1 aromatic rings. The molecule has 1 aliphatic heterocycles. The molecule has 106 valence electrons. The molecule has 1 amide bonds. The first kappa shape index (κ1) is 13.7. The van der Waals surface area contributed by atoms with Crippen molar-refractivity contribution < 1.29 is 14.6 Å². The maximum atomic E-state index is 11.2. The molecule has 19 heavy (non-hydrogen) atoms. The predicted molar refractivity (Wildman–Crippen MR) is 70.0 cm³/mol. The van der Waals surface area contributed by atoms with Gasteiger partial charge in [-0.1, -0.05) is 0 Å². The lowest BCUT2D eigenvalue weighted by Gasteiger charge is -2.20. The Balaban J connectivity index is 2.10. The van der Waals surface area contributed by atoms with Gasteiger partial charge >= 0.3 is 6.09 Å². The highest BCUT2D eigenvalue weighted by Crippen LogP contribution is 2.26. The van der Waals surface area contributed by atoms with Gasteiger partial charge < -0.3 is 20.1 Å². The summed E-state index contributed by atoms with van der Waals surface area (Å²) in [5.74, 6) is 0.925. The smallest absolute Gasteiger partial charge is 0.407 e. The summed E-state index contributed by atoms with van der Waals surface area (Å²) < 4.78 is 6.38. The summed E-state index contributed by atoms with van der Waals surface area (Å²) in [5.41, 5.74) is 1.69. The van der Waals surface area contributed by atoms with Gasteiger partial charge in [0.1, 0.15) is 5.82 Å². The molecule has 1 aliphatic rings. The standard InChI is InChI=1S/C12H20N4O3/c1-8-10(7-17)11(15(2)14-8)16-5-4-9(6-16)13-12(18)19-3/h9,17H,4-7H2,1-3H3,(H,13,18). The molecule has 0 spiro atoms. The average molecular weight is 268 g/mol. The zero-order chi connectivity index (χ0) is 14.0. The molecule has 1 aromatic heterocycles. The summed E-state index contributed by atoms with van der Waals surface area (Å²) in [7, 11) is 3.22. The van der Waals surface area contributed by atoms with Gasteiger partial charge in [-0.3, -0.25) is 4.68 Å². The van der Waals surface area contributed by atoms with Crippen molar-refractivity contribution >= 4 is 11.9 Å². The topological polar surface area (TPSA) is 79.6 Å². The van der Waals surface area contributed by atoms with Crippen molar-refractivity contribution in [2.45, 2.75) is 26.0 Å². The first-order valence-electron chi connectivity index (χ1n) is 6.29. The van der Waals surface area contributed by atoms with E-state index in [9.17, 15) is 9.90 Å². The molecule has 0 aliphatic carbocycles. The molecule has 2 N–H and O–H groups in total. The number of rotatable bonds is 3. The van der Waals surface area contributed by atoms with Crippen LogP contribution in [0.4, 0.5) is 10.6 Å². The monoisotopic (exact) mass is 268 g/mol. The van der Waals surface area contributed by atoms with Crippen LogP contribution in [0.2, 0.25) is 0 Å². The lowest BCUT2D eigenvalue weighted by molar-refractivity contribution is 0.167. The van der Waals surface area contributed by atoms with E-state index in [1.807, 2.05) is 14.0 Å². The van der Waals surface area contributed by atoms with Gasteiger partial charge in [0.2, 0.25) is 0 Å². The first-order chi connectivity index (χ1) is 9.06. The second kappa shape index (κ2) is 5.48. The lowest BCUT2D eigenvalue weighted by Crippen LogP contribution is -2.37. The van der Waals surface area contributed by atoms with Gasteiger partial charge in [-0.2, -0.15) is 5.10 Å². The van der Waals surface area contributed by atoms with Gasteiger partial charge in [-0.15, -0.1) is 0 Å². The van der Waals surface area contributed by atoms with Crippen LogP contribution in [0.5, 0.6) is 0 Å². The Morgan fingerprint density at radius 3 is 3.00 bits per heavy atom. The van der Waals surface area contributed by atoms with Crippen molar-refractivity contribution in [3.8, 4) is 0 Å². The number of aryl methyl sites for hydroxylation is 2. The molecule has 0 radical (unpaired) electrons. The van der Waals surface area contributed by atoms with Gasteiger partial charge in [0.25, 0.3) is 0 Å². The van der Waals surface area contributed by atoms with Gasteiger partial charge in [0.05, 0.1) is 25.5 Å². The van der Waals surface area contributed by atoms with E-state index in [0.717, 1.165) is 30.0 Å². The number of hydrogen-bond acceptors (Lipinski definition) is 5. The van der Waals surface area contributed by atoms with E-state index in [0.29, 0.717) is 6.54 Å². The summed E-state index contributed by atoms with van der Waals surface area (Å²) in [5, 5.41) is 16.6.